The summed E-state index contributed by atoms with van der Waals surface area (Å²) >= 11 is 6.14. The van der Waals surface area contributed by atoms with Gasteiger partial charge >= 0.3 is 0 Å². The number of ether oxygens (including phenoxy) is 1. The SMILES string of the molecule is COc1ccc(Cl)cc1N1C(=O)[C@@H]2C[C@H]1CN2C(=O)c1ccc2ccccc2n1. The number of para-hydroxylation sites is 1. The van der Waals surface area contributed by atoms with E-state index in [1.165, 1.54) is 0 Å². The van der Waals surface area contributed by atoms with Crippen molar-refractivity contribution < 1.29 is 14.3 Å². The highest BCUT2D eigenvalue weighted by Gasteiger charge is 2.52. The van der Waals surface area contributed by atoms with Crippen molar-refractivity contribution >= 4 is 40.0 Å². The predicted octanol–water partition coefficient (Wildman–Crippen LogP) is 3.53. The molecule has 29 heavy (non-hydrogen) atoms. The molecule has 7 heteroatoms. The molecule has 2 bridgehead atoms. The van der Waals surface area contributed by atoms with E-state index in [1.807, 2.05) is 30.3 Å². The van der Waals surface area contributed by atoms with Gasteiger partial charge in [0.15, 0.2) is 0 Å². The zero-order valence-electron chi connectivity index (χ0n) is 15.7. The van der Waals surface area contributed by atoms with Gasteiger partial charge in [0.1, 0.15) is 17.5 Å². The molecule has 2 aromatic carbocycles. The minimum absolute atomic E-state index is 0.107. The van der Waals surface area contributed by atoms with Crippen LogP contribution in [-0.2, 0) is 4.79 Å². The first-order valence-electron chi connectivity index (χ1n) is 9.40. The predicted molar refractivity (Wildman–Crippen MR) is 110 cm³/mol. The molecule has 0 aliphatic carbocycles. The summed E-state index contributed by atoms with van der Waals surface area (Å²) in [5, 5.41) is 1.51. The molecular weight excluding hydrogens is 390 g/mol. The number of fused-ring (bicyclic) bond motifs is 3. The van der Waals surface area contributed by atoms with Crippen LogP contribution in [0, 0.1) is 0 Å². The summed E-state index contributed by atoms with van der Waals surface area (Å²) in [5.74, 6) is 0.259. The Morgan fingerprint density at radius 2 is 2.00 bits per heavy atom. The first-order valence-corrected chi connectivity index (χ1v) is 9.78. The van der Waals surface area contributed by atoms with Gasteiger partial charge in [-0.05, 0) is 36.8 Å². The Morgan fingerprint density at radius 1 is 1.17 bits per heavy atom. The van der Waals surface area contributed by atoms with Gasteiger partial charge in [0.05, 0.1) is 24.4 Å². The molecule has 0 saturated carbocycles. The third-order valence-electron chi connectivity index (χ3n) is 5.65. The second-order valence-electron chi connectivity index (χ2n) is 7.28. The lowest BCUT2D eigenvalue weighted by atomic mass is 10.1. The number of amides is 2. The number of nitrogens with zero attached hydrogens (tertiary/aromatic N) is 3. The summed E-state index contributed by atoms with van der Waals surface area (Å²) in [4.78, 5) is 34.1. The maximum Gasteiger partial charge on any atom is 0.273 e. The first-order chi connectivity index (χ1) is 14.1. The summed E-state index contributed by atoms with van der Waals surface area (Å²) in [7, 11) is 1.56. The Labute approximate surface area is 172 Å². The fraction of sp³-hybridized carbons (Fsp3) is 0.227. The number of benzene rings is 2. The van der Waals surface area contributed by atoms with E-state index in [0.29, 0.717) is 35.1 Å². The van der Waals surface area contributed by atoms with E-state index in [1.54, 1.807) is 41.2 Å². The van der Waals surface area contributed by atoms with E-state index in [0.717, 1.165) is 10.9 Å². The lowest BCUT2D eigenvalue weighted by Crippen LogP contribution is -2.52. The molecule has 146 valence electrons. The van der Waals surface area contributed by atoms with Crippen LogP contribution in [0.2, 0.25) is 5.02 Å². The van der Waals surface area contributed by atoms with Crippen LogP contribution in [0.4, 0.5) is 5.69 Å². The second-order valence-corrected chi connectivity index (χ2v) is 7.71. The van der Waals surface area contributed by atoms with E-state index in [9.17, 15) is 9.59 Å². The summed E-state index contributed by atoms with van der Waals surface area (Å²) < 4.78 is 5.41. The molecule has 0 radical (unpaired) electrons. The number of pyridine rings is 1. The second kappa shape index (κ2) is 6.74. The van der Waals surface area contributed by atoms with Gasteiger partial charge in [-0.15, -0.1) is 0 Å². The Balaban J connectivity index is 1.43. The number of hydrogen-bond acceptors (Lipinski definition) is 4. The molecule has 0 unspecified atom stereocenters. The molecular formula is C22H18ClN3O3. The van der Waals surface area contributed by atoms with Gasteiger partial charge in [-0.25, -0.2) is 4.98 Å². The molecule has 6 nitrogen and oxygen atoms in total. The number of hydrogen-bond donors (Lipinski definition) is 0. The lowest BCUT2D eigenvalue weighted by Gasteiger charge is -2.34. The van der Waals surface area contributed by atoms with Crippen molar-refractivity contribution in [3.63, 3.8) is 0 Å². The molecule has 1 aromatic heterocycles. The Kier molecular flexibility index (Phi) is 4.17. The highest BCUT2D eigenvalue weighted by molar-refractivity contribution is 6.31. The number of anilines is 1. The largest absolute Gasteiger partial charge is 0.495 e. The minimum atomic E-state index is -0.496. The highest BCUT2D eigenvalue weighted by Crippen LogP contribution is 2.41. The maximum absolute atomic E-state index is 13.1. The van der Waals surface area contributed by atoms with Crippen LogP contribution in [0.15, 0.2) is 54.6 Å². The quantitative estimate of drug-likeness (QED) is 0.666. The number of carbonyl (C=O) groups excluding carboxylic acids is 2. The van der Waals surface area contributed by atoms with Crippen LogP contribution in [-0.4, -0.2) is 47.4 Å². The Hall–Kier alpha value is -3.12. The number of halogens is 1. The molecule has 2 aliphatic rings. The zero-order chi connectivity index (χ0) is 20.1. The van der Waals surface area contributed by atoms with E-state index in [2.05, 4.69) is 4.98 Å². The van der Waals surface area contributed by atoms with Crippen LogP contribution in [0.5, 0.6) is 5.75 Å². The van der Waals surface area contributed by atoms with Crippen LogP contribution >= 0.6 is 11.6 Å². The molecule has 5 rings (SSSR count). The fourth-order valence-electron chi connectivity index (χ4n) is 4.30. The van der Waals surface area contributed by atoms with Gasteiger partial charge < -0.3 is 14.5 Å². The van der Waals surface area contributed by atoms with Crippen molar-refractivity contribution in [1.29, 1.82) is 0 Å². The number of rotatable bonds is 3. The summed E-state index contributed by atoms with van der Waals surface area (Å²) in [6.07, 6.45) is 0.591. The molecule has 0 spiro atoms. The third kappa shape index (κ3) is 2.83. The third-order valence-corrected chi connectivity index (χ3v) is 5.88. The van der Waals surface area contributed by atoms with Crippen LogP contribution in [0.3, 0.4) is 0 Å². The van der Waals surface area contributed by atoms with E-state index < -0.39 is 6.04 Å². The van der Waals surface area contributed by atoms with Gasteiger partial charge in [-0.3, -0.25) is 9.59 Å². The molecule has 0 N–H and O–H groups in total. The van der Waals surface area contributed by atoms with Crippen molar-refractivity contribution in [2.75, 3.05) is 18.6 Å². The molecule has 2 fully saturated rings. The first kappa shape index (κ1) is 17.9. The highest BCUT2D eigenvalue weighted by atomic mass is 35.5. The fourth-order valence-corrected chi connectivity index (χ4v) is 4.47. The smallest absolute Gasteiger partial charge is 0.273 e. The molecule has 3 heterocycles. The summed E-state index contributed by atoms with van der Waals surface area (Å²) in [6.45, 7) is 0.458. The van der Waals surface area contributed by atoms with E-state index in [4.69, 9.17) is 16.3 Å². The standard InChI is InChI=1S/C22H18ClN3O3/c1-29-20-9-7-14(23)10-18(20)26-15-11-19(22(26)28)25(12-15)21(27)17-8-6-13-4-2-3-5-16(13)24-17/h2-10,15,19H,11-12H2,1H3/t15-,19-/m0/s1. The van der Waals surface area contributed by atoms with E-state index in [-0.39, 0.29) is 17.9 Å². The summed E-state index contributed by atoms with van der Waals surface area (Å²) in [6, 6.07) is 15.9. The molecule has 2 amide bonds. The summed E-state index contributed by atoms with van der Waals surface area (Å²) in [5.41, 5.74) is 1.77. The minimum Gasteiger partial charge on any atom is -0.495 e. The van der Waals surface area contributed by atoms with Gasteiger partial charge in [0.25, 0.3) is 5.91 Å². The number of carbonyl (C=O) groups is 2. The van der Waals surface area contributed by atoms with Crippen LogP contribution < -0.4 is 9.64 Å². The normalized spacial score (nSPS) is 20.6. The zero-order valence-corrected chi connectivity index (χ0v) is 16.5. The average molecular weight is 408 g/mol. The average Bonchev–Trinajstić information content (AvgIpc) is 3.31. The molecule has 3 aromatic rings. The topological polar surface area (TPSA) is 62.7 Å². The van der Waals surface area contributed by atoms with Gasteiger partial charge in [-0.1, -0.05) is 35.9 Å². The molecule has 2 atom stereocenters. The van der Waals surface area contributed by atoms with Crippen molar-refractivity contribution in [3.05, 3.63) is 65.3 Å². The molecule has 2 aliphatic heterocycles. The van der Waals surface area contributed by atoms with Crippen molar-refractivity contribution in [1.82, 2.24) is 9.88 Å². The maximum atomic E-state index is 13.1. The van der Waals surface area contributed by atoms with Crippen molar-refractivity contribution in [2.45, 2.75) is 18.5 Å². The van der Waals surface area contributed by atoms with Crippen molar-refractivity contribution in [3.8, 4) is 5.75 Å². The monoisotopic (exact) mass is 407 g/mol. The van der Waals surface area contributed by atoms with Crippen LogP contribution in [0.25, 0.3) is 10.9 Å². The number of piperazine rings is 1. The van der Waals surface area contributed by atoms with Gasteiger partial charge in [-0.2, -0.15) is 0 Å². The number of aromatic nitrogens is 1. The van der Waals surface area contributed by atoms with E-state index >= 15 is 0 Å². The molecule has 2 saturated heterocycles. The lowest BCUT2D eigenvalue weighted by molar-refractivity contribution is -0.121. The number of methoxy groups -OCH3 is 1. The van der Waals surface area contributed by atoms with Gasteiger partial charge in [0, 0.05) is 17.0 Å². The van der Waals surface area contributed by atoms with Crippen molar-refractivity contribution in [2.24, 2.45) is 0 Å². The van der Waals surface area contributed by atoms with Gasteiger partial charge in [0.2, 0.25) is 5.91 Å². The van der Waals surface area contributed by atoms with Crippen LogP contribution in [0.1, 0.15) is 16.9 Å². The Bertz CT molecular complexity index is 1150. The number of likely N-dealkylation sites (tertiary alicyclic amines) is 1. The Morgan fingerprint density at radius 3 is 2.79 bits per heavy atom.